The Bertz CT molecular complexity index is 593. The van der Waals surface area contributed by atoms with Crippen LogP contribution in [0.15, 0.2) is 35.5 Å². The van der Waals surface area contributed by atoms with Gasteiger partial charge < -0.3 is 0 Å². The van der Waals surface area contributed by atoms with E-state index in [1.54, 1.807) is 5.57 Å². The molecule has 0 bridgehead atoms. The molecule has 0 aromatic carbocycles. The highest BCUT2D eigenvalue weighted by molar-refractivity contribution is 5.92. The van der Waals surface area contributed by atoms with Gasteiger partial charge in [-0.25, -0.2) is 0 Å². The van der Waals surface area contributed by atoms with Crippen LogP contribution in [-0.2, 0) is 4.79 Å². The number of hydrogen-bond donors (Lipinski definition) is 0. The Morgan fingerprint density at radius 3 is 2.95 bits per heavy atom. The van der Waals surface area contributed by atoms with E-state index in [2.05, 4.69) is 39.0 Å². The maximum atomic E-state index is 11.8. The molecule has 1 nitrogen and oxygen atoms in total. The molecule has 0 radical (unpaired) electrons. The summed E-state index contributed by atoms with van der Waals surface area (Å²) in [6.07, 6.45) is 14.9. The predicted molar refractivity (Wildman–Crippen MR) is 90.3 cm³/mol. The minimum Gasteiger partial charge on any atom is -0.295 e. The van der Waals surface area contributed by atoms with Crippen LogP contribution < -0.4 is 0 Å². The molecule has 4 unspecified atom stereocenters. The average molecular weight is 296 g/mol. The molecule has 0 saturated heterocycles. The van der Waals surface area contributed by atoms with Gasteiger partial charge in [-0.1, -0.05) is 44.6 Å². The number of ketones is 1. The normalized spacial score (nSPS) is 46.5. The zero-order valence-corrected chi connectivity index (χ0v) is 14.1. The molecule has 4 aliphatic rings. The smallest absolute Gasteiger partial charge is 0.156 e. The fourth-order valence-corrected chi connectivity index (χ4v) is 6.16. The summed E-state index contributed by atoms with van der Waals surface area (Å²) in [4.78, 5) is 11.8. The van der Waals surface area contributed by atoms with Gasteiger partial charge in [-0.2, -0.15) is 0 Å². The van der Waals surface area contributed by atoms with Crippen molar-refractivity contribution in [3.63, 3.8) is 0 Å². The highest BCUT2D eigenvalue weighted by Gasteiger charge is 2.53. The highest BCUT2D eigenvalue weighted by atomic mass is 16.1. The molecule has 0 spiro atoms. The first-order valence-electron chi connectivity index (χ1n) is 9.16. The van der Waals surface area contributed by atoms with Crippen LogP contribution in [0.5, 0.6) is 0 Å². The fourth-order valence-electron chi connectivity index (χ4n) is 6.16. The lowest BCUT2D eigenvalue weighted by Gasteiger charge is -2.54. The minimum absolute atomic E-state index is 0.238. The van der Waals surface area contributed by atoms with E-state index in [4.69, 9.17) is 0 Å². The second-order valence-electron chi connectivity index (χ2n) is 8.30. The molecule has 4 rings (SSSR count). The number of hydrogen-bond acceptors (Lipinski definition) is 1. The van der Waals surface area contributed by atoms with E-state index < -0.39 is 0 Å². The van der Waals surface area contributed by atoms with Crippen LogP contribution in [0.2, 0.25) is 0 Å². The third kappa shape index (κ3) is 1.87. The predicted octanol–water partition coefficient (Wildman–Crippen LogP) is 5.10. The lowest BCUT2D eigenvalue weighted by Crippen LogP contribution is -2.47. The maximum Gasteiger partial charge on any atom is 0.156 e. The van der Waals surface area contributed by atoms with Crippen LogP contribution in [0.1, 0.15) is 52.9 Å². The first-order valence-corrected chi connectivity index (χ1v) is 9.16. The second-order valence-corrected chi connectivity index (χ2v) is 8.30. The van der Waals surface area contributed by atoms with Crippen LogP contribution in [0.4, 0.5) is 0 Å². The van der Waals surface area contributed by atoms with Crippen molar-refractivity contribution in [1.29, 1.82) is 0 Å². The molecule has 4 aliphatic carbocycles. The first kappa shape index (κ1) is 14.5. The van der Waals surface area contributed by atoms with Gasteiger partial charge in [0.2, 0.25) is 0 Å². The molecule has 0 heterocycles. The molecule has 1 fully saturated rings. The number of allylic oxidation sites excluding steroid dienone is 6. The van der Waals surface area contributed by atoms with E-state index in [0.29, 0.717) is 5.78 Å². The van der Waals surface area contributed by atoms with Crippen LogP contribution in [-0.4, -0.2) is 5.78 Å². The van der Waals surface area contributed by atoms with Gasteiger partial charge in [0.1, 0.15) is 0 Å². The molecule has 22 heavy (non-hydrogen) atoms. The summed E-state index contributed by atoms with van der Waals surface area (Å²) in [5.41, 5.74) is 3.27. The van der Waals surface area contributed by atoms with E-state index in [0.717, 1.165) is 42.4 Å². The molecular formula is C21H28O. The van der Waals surface area contributed by atoms with Crippen molar-refractivity contribution in [2.75, 3.05) is 0 Å². The van der Waals surface area contributed by atoms with Gasteiger partial charge in [0.05, 0.1) is 0 Å². The average Bonchev–Trinajstić information content (AvgIpc) is 2.94. The van der Waals surface area contributed by atoms with E-state index in [9.17, 15) is 4.79 Å². The fraction of sp³-hybridized carbons (Fsp3) is 0.667. The molecule has 0 N–H and O–H groups in total. The quantitative estimate of drug-likeness (QED) is 0.615. The summed E-state index contributed by atoms with van der Waals surface area (Å²) in [5.74, 6) is 4.20. The lowest BCUT2D eigenvalue weighted by molar-refractivity contribution is -0.116. The van der Waals surface area contributed by atoms with E-state index in [-0.39, 0.29) is 5.41 Å². The lowest BCUT2D eigenvalue weighted by atomic mass is 9.50. The summed E-state index contributed by atoms with van der Waals surface area (Å²) in [6, 6.07) is 0. The number of carbonyl (C=O) groups excluding carboxylic acids is 1. The monoisotopic (exact) mass is 296 g/mol. The zero-order chi connectivity index (χ0) is 15.5. The van der Waals surface area contributed by atoms with Crippen molar-refractivity contribution in [3.05, 3.63) is 35.5 Å². The van der Waals surface area contributed by atoms with Gasteiger partial charge >= 0.3 is 0 Å². The van der Waals surface area contributed by atoms with Crippen LogP contribution in [0.3, 0.4) is 0 Å². The Morgan fingerprint density at radius 2 is 2.18 bits per heavy atom. The Morgan fingerprint density at radius 1 is 1.36 bits per heavy atom. The summed E-state index contributed by atoms with van der Waals surface area (Å²) < 4.78 is 0. The molecule has 6 atom stereocenters. The third-order valence-electron chi connectivity index (χ3n) is 7.33. The molecule has 0 aromatic rings. The third-order valence-corrected chi connectivity index (χ3v) is 7.33. The van der Waals surface area contributed by atoms with Crippen molar-refractivity contribution in [3.8, 4) is 0 Å². The Kier molecular flexibility index (Phi) is 3.25. The Balaban J connectivity index is 1.73. The zero-order valence-electron chi connectivity index (χ0n) is 14.1. The molecule has 0 aliphatic heterocycles. The largest absolute Gasteiger partial charge is 0.295 e. The second kappa shape index (κ2) is 4.94. The minimum atomic E-state index is 0.238. The molecule has 1 saturated carbocycles. The molecular weight excluding hydrogens is 268 g/mol. The highest BCUT2D eigenvalue weighted by Crippen LogP contribution is 2.61. The van der Waals surface area contributed by atoms with Gasteiger partial charge in [0.25, 0.3) is 0 Å². The maximum absolute atomic E-state index is 11.8. The van der Waals surface area contributed by atoms with Crippen molar-refractivity contribution in [1.82, 2.24) is 0 Å². The van der Waals surface area contributed by atoms with Crippen molar-refractivity contribution in [2.45, 2.75) is 52.9 Å². The summed E-state index contributed by atoms with van der Waals surface area (Å²) in [5, 5.41) is 0. The van der Waals surface area contributed by atoms with Crippen molar-refractivity contribution in [2.24, 2.45) is 35.0 Å². The molecule has 1 heteroatoms. The van der Waals surface area contributed by atoms with Crippen molar-refractivity contribution >= 4 is 5.78 Å². The van der Waals surface area contributed by atoms with Crippen LogP contribution >= 0.6 is 0 Å². The van der Waals surface area contributed by atoms with Crippen molar-refractivity contribution < 1.29 is 4.79 Å². The van der Waals surface area contributed by atoms with Gasteiger partial charge in [0, 0.05) is 6.42 Å². The van der Waals surface area contributed by atoms with Gasteiger partial charge in [-0.3, -0.25) is 4.79 Å². The number of rotatable bonds is 1. The number of carbonyl (C=O) groups is 1. The van der Waals surface area contributed by atoms with Gasteiger partial charge in [-0.15, -0.1) is 0 Å². The summed E-state index contributed by atoms with van der Waals surface area (Å²) in [6.45, 7) is 7.23. The van der Waals surface area contributed by atoms with Gasteiger partial charge in [-0.05, 0) is 72.3 Å². The van der Waals surface area contributed by atoms with E-state index in [1.165, 1.54) is 24.8 Å². The molecule has 0 amide bonds. The molecule has 118 valence electrons. The van der Waals surface area contributed by atoms with E-state index in [1.807, 2.05) is 6.08 Å². The van der Waals surface area contributed by atoms with Crippen LogP contribution in [0, 0.1) is 35.0 Å². The Hall–Kier alpha value is -1.11. The first-order chi connectivity index (χ1) is 10.5. The van der Waals surface area contributed by atoms with E-state index >= 15 is 0 Å². The standard InChI is InChI=1S/C21H28O/c1-4-14-5-7-18-17-8-6-15-12-16(22)9-10-21(15,3)19(17)11-13(2)20(14)18/h5-6,8,12-13,17-20H,4,7,9-11H2,1-3H3/t13-,17?,18?,19?,20?,21+/m1/s1. The number of fused-ring (bicyclic) bond motifs is 5. The summed E-state index contributed by atoms with van der Waals surface area (Å²) in [7, 11) is 0. The Labute approximate surface area is 134 Å². The summed E-state index contributed by atoms with van der Waals surface area (Å²) >= 11 is 0. The van der Waals surface area contributed by atoms with Gasteiger partial charge in [0.15, 0.2) is 5.78 Å². The molecule has 0 aromatic heterocycles. The topological polar surface area (TPSA) is 17.1 Å². The van der Waals surface area contributed by atoms with Crippen LogP contribution in [0.25, 0.3) is 0 Å². The SMILES string of the molecule is CCC1=CCC2C3C=CC4=CC(=O)CC[C@]4(C)C3C[C@@H](C)C12.